The molecule has 0 spiro atoms. The average molecular weight is 409 g/mol. The molecule has 0 aliphatic carbocycles. The maximum absolute atomic E-state index is 12.5. The lowest BCUT2D eigenvalue weighted by Gasteiger charge is -2.27. The summed E-state index contributed by atoms with van der Waals surface area (Å²) >= 11 is 4.26. The summed E-state index contributed by atoms with van der Waals surface area (Å²) in [4.78, 5) is 40.0. The molecule has 1 aromatic carbocycles. The van der Waals surface area contributed by atoms with Gasteiger partial charge in [0.1, 0.15) is 6.54 Å². The van der Waals surface area contributed by atoms with E-state index >= 15 is 0 Å². The summed E-state index contributed by atoms with van der Waals surface area (Å²) < 4.78 is 0.899. The number of thioether (sulfide) groups is 1. The minimum absolute atomic E-state index is 0.152. The number of amides is 3. The Kier molecular flexibility index (Phi) is 5.40. The van der Waals surface area contributed by atoms with E-state index in [9.17, 15) is 14.4 Å². The zero-order chi connectivity index (χ0) is 17.1. The van der Waals surface area contributed by atoms with E-state index in [1.54, 1.807) is 11.0 Å². The molecule has 2 fully saturated rings. The highest BCUT2D eigenvalue weighted by Crippen LogP contribution is 2.32. The number of halogens is 1. The van der Waals surface area contributed by atoms with E-state index in [4.69, 9.17) is 0 Å². The summed E-state index contributed by atoms with van der Waals surface area (Å²) in [5.74, 6) is -0.545. The third-order valence-corrected chi connectivity index (χ3v) is 5.42. The van der Waals surface area contributed by atoms with Crippen LogP contribution in [0, 0.1) is 0 Å². The SMILES string of the molecule is O=C(CN1C(=O)S/C(=C\c2cccc(Br)c2)C1=O)N1CCCCC1. The van der Waals surface area contributed by atoms with E-state index in [1.807, 2.05) is 24.3 Å². The molecule has 7 heteroatoms. The summed E-state index contributed by atoms with van der Waals surface area (Å²) in [6, 6.07) is 7.48. The van der Waals surface area contributed by atoms with Crippen LogP contribution in [0.2, 0.25) is 0 Å². The monoisotopic (exact) mass is 408 g/mol. The molecule has 0 atom stereocenters. The molecule has 24 heavy (non-hydrogen) atoms. The number of nitrogens with zero attached hydrogens (tertiary/aromatic N) is 2. The van der Waals surface area contributed by atoms with Crippen LogP contribution in [0.5, 0.6) is 0 Å². The van der Waals surface area contributed by atoms with E-state index < -0.39 is 5.91 Å². The van der Waals surface area contributed by atoms with E-state index in [0.29, 0.717) is 18.0 Å². The first kappa shape index (κ1) is 17.2. The van der Waals surface area contributed by atoms with Crippen LogP contribution in [0.3, 0.4) is 0 Å². The molecule has 3 amide bonds. The minimum atomic E-state index is -0.393. The molecule has 0 radical (unpaired) electrons. The molecule has 0 aromatic heterocycles. The van der Waals surface area contributed by atoms with Crippen LogP contribution in [0.15, 0.2) is 33.6 Å². The summed E-state index contributed by atoms with van der Waals surface area (Å²) in [6.45, 7) is 1.26. The van der Waals surface area contributed by atoms with Gasteiger partial charge in [-0.1, -0.05) is 28.1 Å². The molecule has 0 unspecified atom stereocenters. The van der Waals surface area contributed by atoms with E-state index in [-0.39, 0.29) is 17.7 Å². The normalized spacial score (nSPS) is 20.1. The summed E-state index contributed by atoms with van der Waals surface area (Å²) in [5, 5.41) is -0.383. The smallest absolute Gasteiger partial charge is 0.294 e. The van der Waals surface area contributed by atoms with Crippen LogP contribution in [0.4, 0.5) is 4.79 Å². The van der Waals surface area contributed by atoms with Gasteiger partial charge < -0.3 is 4.90 Å². The van der Waals surface area contributed by atoms with Gasteiger partial charge in [0.05, 0.1) is 4.91 Å². The number of benzene rings is 1. The predicted octanol–water partition coefficient (Wildman–Crippen LogP) is 3.50. The molecule has 2 heterocycles. The molecule has 2 aliphatic heterocycles. The van der Waals surface area contributed by atoms with Crippen molar-refractivity contribution in [2.75, 3.05) is 19.6 Å². The Morgan fingerprint density at radius 1 is 1.21 bits per heavy atom. The Morgan fingerprint density at radius 2 is 1.96 bits per heavy atom. The standard InChI is InChI=1S/C17H17BrN2O3S/c18-13-6-4-5-12(9-13)10-14-16(22)20(17(23)24-14)11-15(21)19-7-2-1-3-8-19/h4-6,9-10H,1-3,7-8,11H2/b14-10-. The highest BCUT2D eigenvalue weighted by molar-refractivity contribution is 9.10. The fourth-order valence-corrected chi connectivity index (χ4v) is 4.02. The second-order valence-corrected chi connectivity index (χ2v) is 7.67. The Hall–Kier alpha value is -1.60. The maximum atomic E-state index is 12.5. The van der Waals surface area contributed by atoms with Crippen molar-refractivity contribution >= 4 is 50.8 Å². The number of hydrogen-bond donors (Lipinski definition) is 0. The highest BCUT2D eigenvalue weighted by Gasteiger charge is 2.37. The van der Waals surface area contributed by atoms with Gasteiger partial charge in [-0.3, -0.25) is 19.3 Å². The van der Waals surface area contributed by atoms with Gasteiger partial charge in [0.15, 0.2) is 0 Å². The first-order valence-corrected chi connectivity index (χ1v) is 9.44. The molecular formula is C17H17BrN2O3S. The van der Waals surface area contributed by atoms with Crippen molar-refractivity contribution < 1.29 is 14.4 Å². The van der Waals surface area contributed by atoms with Crippen molar-refractivity contribution in [1.29, 1.82) is 0 Å². The second kappa shape index (κ2) is 7.53. The molecule has 0 bridgehead atoms. The van der Waals surface area contributed by atoms with Crippen LogP contribution in [-0.2, 0) is 9.59 Å². The molecule has 0 N–H and O–H groups in total. The lowest BCUT2D eigenvalue weighted by atomic mass is 10.1. The van der Waals surface area contributed by atoms with Crippen molar-refractivity contribution in [3.8, 4) is 0 Å². The fourth-order valence-electron chi connectivity index (χ4n) is 2.76. The van der Waals surface area contributed by atoms with Crippen LogP contribution in [0.25, 0.3) is 6.08 Å². The Balaban J connectivity index is 1.71. The van der Waals surface area contributed by atoms with Gasteiger partial charge in [-0.25, -0.2) is 0 Å². The minimum Gasteiger partial charge on any atom is -0.341 e. The van der Waals surface area contributed by atoms with Gasteiger partial charge in [-0.05, 0) is 54.8 Å². The van der Waals surface area contributed by atoms with Gasteiger partial charge in [-0.15, -0.1) is 0 Å². The Morgan fingerprint density at radius 3 is 2.67 bits per heavy atom. The first-order valence-electron chi connectivity index (χ1n) is 7.83. The van der Waals surface area contributed by atoms with E-state index in [2.05, 4.69) is 15.9 Å². The molecule has 126 valence electrons. The zero-order valence-electron chi connectivity index (χ0n) is 13.0. The van der Waals surface area contributed by atoms with Gasteiger partial charge >= 0.3 is 0 Å². The van der Waals surface area contributed by atoms with Crippen LogP contribution < -0.4 is 0 Å². The summed E-state index contributed by atoms with van der Waals surface area (Å²) in [7, 11) is 0. The van der Waals surface area contributed by atoms with Crippen molar-refractivity contribution in [3.63, 3.8) is 0 Å². The first-order chi connectivity index (χ1) is 11.5. The number of carbonyl (C=O) groups is 3. The number of piperidine rings is 1. The summed E-state index contributed by atoms with van der Waals surface area (Å²) in [6.07, 6.45) is 4.77. The lowest BCUT2D eigenvalue weighted by Crippen LogP contribution is -2.44. The van der Waals surface area contributed by atoms with Gasteiger partial charge in [0.25, 0.3) is 11.1 Å². The van der Waals surface area contributed by atoms with Crippen molar-refractivity contribution in [1.82, 2.24) is 9.80 Å². The zero-order valence-corrected chi connectivity index (χ0v) is 15.4. The number of hydrogen-bond acceptors (Lipinski definition) is 4. The van der Waals surface area contributed by atoms with E-state index in [0.717, 1.165) is 46.0 Å². The largest absolute Gasteiger partial charge is 0.341 e. The molecule has 5 nitrogen and oxygen atoms in total. The second-order valence-electron chi connectivity index (χ2n) is 5.76. The van der Waals surface area contributed by atoms with Crippen molar-refractivity contribution in [2.45, 2.75) is 19.3 Å². The Bertz CT molecular complexity index is 714. The third kappa shape index (κ3) is 3.89. The predicted molar refractivity (Wildman–Crippen MR) is 97.3 cm³/mol. The van der Waals surface area contributed by atoms with Crippen LogP contribution in [-0.4, -0.2) is 46.5 Å². The fraction of sp³-hybridized carbons (Fsp3) is 0.353. The van der Waals surface area contributed by atoms with Crippen molar-refractivity contribution in [2.24, 2.45) is 0 Å². The van der Waals surface area contributed by atoms with E-state index in [1.165, 1.54) is 0 Å². The summed E-state index contributed by atoms with van der Waals surface area (Å²) in [5.41, 5.74) is 0.831. The highest BCUT2D eigenvalue weighted by atomic mass is 79.9. The third-order valence-electron chi connectivity index (χ3n) is 4.02. The number of likely N-dealkylation sites (tertiary alicyclic amines) is 1. The van der Waals surface area contributed by atoms with Gasteiger partial charge in [-0.2, -0.15) is 0 Å². The average Bonchev–Trinajstić information content (AvgIpc) is 2.83. The van der Waals surface area contributed by atoms with Crippen molar-refractivity contribution in [3.05, 3.63) is 39.2 Å². The van der Waals surface area contributed by atoms with Gasteiger partial charge in [0.2, 0.25) is 5.91 Å². The van der Waals surface area contributed by atoms with Crippen LogP contribution >= 0.6 is 27.7 Å². The molecular weight excluding hydrogens is 392 g/mol. The van der Waals surface area contributed by atoms with Gasteiger partial charge in [0, 0.05) is 17.6 Å². The molecule has 3 rings (SSSR count). The molecule has 2 saturated heterocycles. The van der Waals surface area contributed by atoms with Crippen LogP contribution in [0.1, 0.15) is 24.8 Å². The maximum Gasteiger partial charge on any atom is 0.294 e. The topological polar surface area (TPSA) is 57.7 Å². The number of carbonyl (C=O) groups excluding carboxylic acids is 3. The quantitative estimate of drug-likeness (QED) is 0.718. The molecule has 1 aromatic rings. The number of rotatable bonds is 3. The Labute approximate surface area is 153 Å². The lowest BCUT2D eigenvalue weighted by molar-refractivity contribution is -0.136. The molecule has 2 aliphatic rings. The molecule has 0 saturated carbocycles. The number of imide groups is 1.